The number of hydrogen-bond acceptors (Lipinski definition) is 4. The van der Waals surface area contributed by atoms with Gasteiger partial charge in [0.25, 0.3) is 0 Å². The van der Waals surface area contributed by atoms with Gasteiger partial charge in [0.1, 0.15) is 5.37 Å². The van der Waals surface area contributed by atoms with Gasteiger partial charge in [-0.15, -0.1) is 11.8 Å². The third kappa shape index (κ3) is 4.23. The molecule has 0 aliphatic carbocycles. The van der Waals surface area contributed by atoms with Gasteiger partial charge in [0.15, 0.2) is 0 Å². The predicted molar refractivity (Wildman–Crippen MR) is 37.7 cm³/mol. The molecule has 4 nitrogen and oxygen atoms in total. The van der Waals surface area contributed by atoms with Crippen LogP contribution in [0.1, 0.15) is 0 Å². The van der Waals surface area contributed by atoms with Gasteiger partial charge >= 0.3 is 6.54 Å². The van der Waals surface area contributed by atoms with Gasteiger partial charge in [0, 0.05) is 4.92 Å². The van der Waals surface area contributed by atoms with E-state index in [1.165, 1.54) is 11.8 Å². The van der Waals surface area contributed by atoms with Gasteiger partial charge in [0.2, 0.25) is 0 Å². The van der Waals surface area contributed by atoms with Crippen LogP contribution in [0.4, 0.5) is 0 Å². The second kappa shape index (κ2) is 4.58. The second-order valence-corrected chi connectivity index (χ2v) is 2.36. The molecule has 0 heterocycles. The first-order chi connectivity index (χ1) is 4.20. The molecule has 9 heavy (non-hydrogen) atoms. The maximum Gasteiger partial charge on any atom is 0.305 e. The van der Waals surface area contributed by atoms with Crippen molar-refractivity contribution in [2.75, 3.05) is 13.3 Å². The Hall–Kier alpha value is -0.290. The predicted octanol–water partition coefficient (Wildman–Crippen LogP) is 0.333. The van der Waals surface area contributed by atoms with Crippen molar-refractivity contribution in [3.8, 4) is 0 Å². The van der Waals surface area contributed by atoms with Gasteiger partial charge < -0.3 is 5.32 Å². The summed E-state index contributed by atoms with van der Waals surface area (Å²) < 4.78 is 0. The molecule has 5 heteroatoms. The number of likely N-dealkylation sites (N-methyl/N-ethyl adjacent to an activating group) is 1. The van der Waals surface area contributed by atoms with Crippen LogP contribution in [0.2, 0.25) is 0 Å². The van der Waals surface area contributed by atoms with Crippen LogP contribution in [0.5, 0.6) is 0 Å². The molecule has 1 N–H and O–H groups in total. The molecule has 0 fully saturated rings. The fraction of sp³-hybridized carbons (Fsp3) is 0.750. The molecule has 0 aliphatic rings. The van der Waals surface area contributed by atoms with Crippen LogP contribution < -0.4 is 5.32 Å². The molecule has 1 radical (unpaired) electrons. The zero-order valence-electron chi connectivity index (χ0n) is 5.33. The lowest BCUT2D eigenvalue weighted by Crippen LogP contribution is -2.24. The van der Waals surface area contributed by atoms with E-state index in [-0.39, 0.29) is 5.37 Å². The highest BCUT2D eigenvalue weighted by molar-refractivity contribution is 7.99. The number of nitrogens with one attached hydrogen (secondary N) is 1. The summed E-state index contributed by atoms with van der Waals surface area (Å²) in [6, 6.07) is 0. The zero-order valence-corrected chi connectivity index (χ0v) is 6.14. The third-order valence-corrected chi connectivity index (χ3v) is 1.66. The average molecular weight is 149 g/mol. The summed E-state index contributed by atoms with van der Waals surface area (Å²) in [5, 5.41) is 12.4. The van der Waals surface area contributed by atoms with Crippen LogP contribution in [0, 0.1) is 16.7 Å². The van der Waals surface area contributed by atoms with Crippen LogP contribution in [-0.2, 0) is 0 Å². The summed E-state index contributed by atoms with van der Waals surface area (Å²) >= 11 is 1.39. The van der Waals surface area contributed by atoms with Crippen LogP contribution in [0.15, 0.2) is 0 Å². The molecule has 1 unspecified atom stereocenters. The van der Waals surface area contributed by atoms with Crippen molar-refractivity contribution in [2.45, 2.75) is 5.37 Å². The van der Waals surface area contributed by atoms with E-state index in [1.807, 2.05) is 0 Å². The van der Waals surface area contributed by atoms with Crippen molar-refractivity contribution in [2.24, 2.45) is 0 Å². The quantitative estimate of drug-likeness (QED) is 0.355. The van der Waals surface area contributed by atoms with E-state index in [4.69, 9.17) is 0 Å². The molecule has 0 saturated heterocycles. The highest BCUT2D eigenvalue weighted by Crippen LogP contribution is 2.04. The van der Waals surface area contributed by atoms with Crippen LogP contribution in [0.3, 0.4) is 0 Å². The summed E-state index contributed by atoms with van der Waals surface area (Å²) in [5.41, 5.74) is 0. The van der Waals surface area contributed by atoms with E-state index in [2.05, 4.69) is 5.32 Å². The summed E-state index contributed by atoms with van der Waals surface area (Å²) in [7, 11) is 1.68. The molecule has 0 aromatic heterocycles. The molecular weight excluding hydrogens is 140 g/mol. The standard InChI is InChI=1S/C4H9N2O2S/c1-5-4(9-2)3-6(7)8/h3-5H,1-2H3. The Kier molecular flexibility index (Phi) is 4.43. The molecule has 0 aliphatic heterocycles. The van der Waals surface area contributed by atoms with Gasteiger partial charge in [-0.05, 0) is 13.3 Å². The Morgan fingerprint density at radius 1 is 1.89 bits per heavy atom. The summed E-state index contributed by atoms with van der Waals surface area (Å²) in [6.07, 6.45) is 1.81. The van der Waals surface area contributed by atoms with Gasteiger partial charge in [-0.25, -0.2) is 0 Å². The number of rotatable bonds is 4. The molecule has 0 bridgehead atoms. The number of thioether (sulfide) groups is 1. The molecule has 53 valence electrons. The van der Waals surface area contributed by atoms with Crippen molar-refractivity contribution in [3.63, 3.8) is 0 Å². The Morgan fingerprint density at radius 2 is 2.44 bits per heavy atom. The first-order valence-electron chi connectivity index (χ1n) is 2.39. The van der Waals surface area contributed by atoms with Gasteiger partial charge in [-0.2, -0.15) is 0 Å². The van der Waals surface area contributed by atoms with E-state index in [0.29, 0.717) is 0 Å². The van der Waals surface area contributed by atoms with E-state index in [9.17, 15) is 10.1 Å². The monoisotopic (exact) mass is 149 g/mol. The largest absolute Gasteiger partial charge is 0.305 e. The zero-order chi connectivity index (χ0) is 7.28. The van der Waals surface area contributed by atoms with Crippen molar-refractivity contribution in [1.29, 1.82) is 0 Å². The normalized spacial score (nSPS) is 13.1. The lowest BCUT2D eigenvalue weighted by atomic mass is 10.6. The SMILES string of the molecule is CNC([CH][N+](=O)[O-])SC. The minimum absolute atomic E-state index is 0.181. The van der Waals surface area contributed by atoms with Gasteiger partial charge in [0.05, 0.1) is 0 Å². The molecular formula is C4H9N2O2S. The van der Waals surface area contributed by atoms with E-state index >= 15 is 0 Å². The Labute approximate surface area is 58.2 Å². The lowest BCUT2D eigenvalue weighted by Gasteiger charge is -2.04. The van der Waals surface area contributed by atoms with Crippen molar-refractivity contribution < 1.29 is 4.92 Å². The molecule has 1 atom stereocenters. The fourth-order valence-corrected chi connectivity index (χ4v) is 0.821. The maximum absolute atomic E-state index is 9.82. The highest BCUT2D eigenvalue weighted by atomic mass is 32.2. The van der Waals surface area contributed by atoms with E-state index < -0.39 is 4.92 Å². The first-order valence-corrected chi connectivity index (χ1v) is 3.68. The van der Waals surface area contributed by atoms with E-state index in [0.717, 1.165) is 6.54 Å². The summed E-state index contributed by atoms with van der Waals surface area (Å²) in [4.78, 5) is 9.38. The molecule has 0 amide bonds. The highest BCUT2D eigenvalue weighted by Gasteiger charge is 2.11. The van der Waals surface area contributed by atoms with E-state index in [1.54, 1.807) is 13.3 Å². The maximum atomic E-state index is 9.82. The van der Waals surface area contributed by atoms with Crippen LogP contribution >= 0.6 is 11.8 Å². The van der Waals surface area contributed by atoms with Crippen molar-refractivity contribution in [3.05, 3.63) is 16.7 Å². The number of hydrogen-bond donors (Lipinski definition) is 1. The molecule has 0 aromatic carbocycles. The molecule has 0 rings (SSSR count). The number of nitrogens with zero attached hydrogens (tertiary/aromatic N) is 1. The number of nitro groups is 1. The lowest BCUT2D eigenvalue weighted by molar-refractivity contribution is -0.437. The average Bonchev–Trinajstić information content (AvgIpc) is 1.82. The Morgan fingerprint density at radius 3 is 2.56 bits per heavy atom. The molecule has 0 spiro atoms. The minimum Gasteiger partial charge on any atom is -0.302 e. The topological polar surface area (TPSA) is 55.2 Å². The summed E-state index contributed by atoms with van der Waals surface area (Å²) in [5.74, 6) is 0. The first kappa shape index (κ1) is 8.71. The smallest absolute Gasteiger partial charge is 0.302 e. The molecule has 0 saturated carbocycles. The summed E-state index contributed by atoms with van der Waals surface area (Å²) in [6.45, 7) is 1.02. The van der Waals surface area contributed by atoms with Gasteiger partial charge in [-0.3, -0.25) is 10.1 Å². The van der Waals surface area contributed by atoms with Crippen LogP contribution in [-0.4, -0.2) is 23.6 Å². The van der Waals surface area contributed by atoms with Crippen molar-refractivity contribution >= 4 is 11.8 Å². The Balaban J connectivity index is 3.43. The Bertz CT molecular complexity index is 94.6. The van der Waals surface area contributed by atoms with Crippen LogP contribution in [0.25, 0.3) is 0 Å². The minimum atomic E-state index is -0.447. The molecule has 0 aromatic rings. The van der Waals surface area contributed by atoms with Crippen molar-refractivity contribution in [1.82, 2.24) is 5.32 Å². The third-order valence-electron chi connectivity index (χ3n) is 0.796. The fourth-order valence-electron chi connectivity index (χ4n) is 0.364. The second-order valence-electron chi connectivity index (χ2n) is 1.38. The van der Waals surface area contributed by atoms with Gasteiger partial charge in [-0.1, -0.05) is 0 Å².